The Labute approximate surface area is 178 Å². The van der Waals surface area contributed by atoms with Crippen LogP contribution in [0.4, 0.5) is 5.69 Å². The summed E-state index contributed by atoms with van der Waals surface area (Å²) in [5.41, 5.74) is 5.71. The molecule has 0 unspecified atom stereocenters. The van der Waals surface area contributed by atoms with Crippen molar-refractivity contribution in [2.24, 2.45) is 0 Å². The quantitative estimate of drug-likeness (QED) is 0.378. The molecule has 1 atom stereocenters. The number of rotatable bonds is 7. The number of anilines is 1. The molecule has 148 valence electrons. The molecule has 29 heavy (non-hydrogen) atoms. The van der Waals surface area contributed by atoms with Gasteiger partial charge in [0.05, 0.1) is 6.04 Å². The van der Waals surface area contributed by atoms with E-state index in [0.29, 0.717) is 11.7 Å². The van der Waals surface area contributed by atoms with Crippen molar-refractivity contribution in [3.05, 3.63) is 108 Å². The Morgan fingerprint density at radius 3 is 2.55 bits per heavy atom. The van der Waals surface area contributed by atoms with Gasteiger partial charge in [0.15, 0.2) is 5.11 Å². The van der Waals surface area contributed by atoms with E-state index in [4.69, 9.17) is 17.0 Å². The minimum atomic E-state index is -0.0444. The van der Waals surface area contributed by atoms with Crippen molar-refractivity contribution in [3.63, 3.8) is 0 Å². The number of aryl methyl sites for hydroxylation is 2. The Morgan fingerprint density at radius 1 is 1.03 bits per heavy atom. The van der Waals surface area contributed by atoms with Gasteiger partial charge in [-0.2, -0.15) is 0 Å². The van der Waals surface area contributed by atoms with Gasteiger partial charge in [0.2, 0.25) is 0 Å². The molecule has 3 aromatic rings. The molecule has 0 radical (unpaired) electrons. The number of hydrogen-bond acceptors (Lipinski definition) is 2. The first-order valence-electron chi connectivity index (χ1n) is 9.60. The maximum atomic E-state index is 5.63. The molecule has 0 bridgehead atoms. The molecule has 0 aromatic heterocycles. The number of nitrogens with one attached hydrogen (secondary N) is 2. The van der Waals surface area contributed by atoms with Crippen molar-refractivity contribution in [2.75, 3.05) is 11.9 Å². The molecular weight excluding hydrogens is 376 g/mol. The van der Waals surface area contributed by atoms with Gasteiger partial charge in [-0.25, -0.2) is 0 Å². The smallest absolute Gasteiger partial charge is 0.171 e. The molecule has 0 saturated carbocycles. The summed E-state index contributed by atoms with van der Waals surface area (Å²) in [6.45, 7) is 8.39. The summed E-state index contributed by atoms with van der Waals surface area (Å²) < 4.78 is 5.60. The highest BCUT2D eigenvalue weighted by molar-refractivity contribution is 7.80. The van der Waals surface area contributed by atoms with Crippen molar-refractivity contribution in [2.45, 2.75) is 19.9 Å². The van der Waals surface area contributed by atoms with E-state index < -0.39 is 0 Å². The molecule has 3 aromatic carbocycles. The Kier molecular flexibility index (Phi) is 7.04. The molecule has 0 saturated heterocycles. The van der Waals surface area contributed by atoms with E-state index >= 15 is 0 Å². The third-order valence-electron chi connectivity index (χ3n) is 4.60. The molecule has 0 fully saturated rings. The van der Waals surface area contributed by atoms with Gasteiger partial charge < -0.3 is 15.4 Å². The maximum absolute atomic E-state index is 5.63. The molecule has 2 N–H and O–H groups in total. The average Bonchev–Trinajstić information content (AvgIpc) is 2.72. The molecule has 0 heterocycles. The van der Waals surface area contributed by atoms with Crippen LogP contribution in [0.25, 0.3) is 0 Å². The third kappa shape index (κ3) is 5.69. The third-order valence-corrected chi connectivity index (χ3v) is 4.82. The highest BCUT2D eigenvalue weighted by Gasteiger charge is 2.17. The van der Waals surface area contributed by atoms with Crippen LogP contribution in [0, 0.1) is 13.8 Å². The minimum Gasteiger partial charge on any atom is -0.489 e. The van der Waals surface area contributed by atoms with Gasteiger partial charge >= 0.3 is 0 Å². The van der Waals surface area contributed by atoms with Crippen LogP contribution in [0.2, 0.25) is 0 Å². The molecular formula is C25H26N2OS. The summed E-state index contributed by atoms with van der Waals surface area (Å²) in [4.78, 5) is 0. The molecule has 4 heteroatoms. The maximum Gasteiger partial charge on any atom is 0.171 e. The van der Waals surface area contributed by atoms with Gasteiger partial charge in [0, 0.05) is 11.8 Å². The minimum absolute atomic E-state index is 0.0444. The number of ether oxygens (including phenoxy) is 1. The fraction of sp³-hybridized carbons (Fsp3) is 0.160. The van der Waals surface area contributed by atoms with Gasteiger partial charge in [-0.05, 0) is 54.9 Å². The van der Waals surface area contributed by atoms with Crippen LogP contribution < -0.4 is 15.4 Å². The monoisotopic (exact) mass is 402 g/mol. The first kappa shape index (κ1) is 20.6. The molecule has 0 spiro atoms. The van der Waals surface area contributed by atoms with Crippen molar-refractivity contribution >= 4 is 23.0 Å². The van der Waals surface area contributed by atoms with Crippen LogP contribution in [0.3, 0.4) is 0 Å². The lowest BCUT2D eigenvalue weighted by atomic mass is 9.94. The highest BCUT2D eigenvalue weighted by atomic mass is 32.1. The lowest BCUT2D eigenvalue weighted by molar-refractivity contribution is 0.363. The standard InChI is InChI=1S/C25H26N2OS/c1-4-15-28-22-12-8-11-21(17-22)26-25(29)27-24(20-9-6-5-7-10-20)23-14-13-18(2)16-19(23)3/h4-14,16-17,24H,1,15H2,2-3H3,(H2,26,27,29)/t24-/m1/s1. The molecule has 3 nitrogen and oxygen atoms in total. The summed E-state index contributed by atoms with van der Waals surface area (Å²) in [7, 11) is 0. The topological polar surface area (TPSA) is 33.3 Å². The predicted octanol–water partition coefficient (Wildman–Crippen LogP) is 5.94. The van der Waals surface area contributed by atoms with Crippen molar-refractivity contribution in [3.8, 4) is 5.75 Å². The van der Waals surface area contributed by atoms with Crippen LogP contribution in [0.15, 0.2) is 85.5 Å². The normalized spacial score (nSPS) is 11.4. The van der Waals surface area contributed by atoms with Crippen LogP contribution in [0.1, 0.15) is 28.3 Å². The van der Waals surface area contributed by atoms with E-state index in [1.54, 1.807) is 6.08 Å². The summed E-state index contributed by atoms with van der Waals surface area (Å²) >= 11 is 5.63. The van der Waals surface area contributed by atoms with Crippen LogP contribution >= 0.6 is 12.2 Å². The van der Waals surface area contributed by atoms with Crippen molar-refractivity contribution < 1.29 is 4.74 Å². The average molecular weight is 403 g/mol. The molecule has 0 aliphatic carbocycles. The zero-order valence-corrected chi connectivity index (χ0v) is 17.6. The van der Waals surface area contributed by atoms with E-state index in [0.717, 1.165) is 17.0 Å². The van der Waals surface area contributed by atoms with E-state index in [2.05, 4.69) is 61.4 Å². The highest BCUT2D eigenvalue weighted by Crippen LogP contribution is 2.26. The zero-order valence-electron chi connectivity index (χ0n) is 16.8. The predicted molar refractivity (Wildman–Crippen MR) is 126 cm³/mol. The zero-order chi connectivity index (χ0) is 20.6. The number of benzene rings is 3. The first-order valence-corrected chi connectivity index (χ1v) is 10.0. The molecule has 0 amide bonds. The van der Waals surface area contributed by atoms with E-state index in [-0.39, 0.29) is 6.04 Å². The lowest BCUT2D eigenvalue weighted by Gasteiger charge is -2.24. The Morgan fingerprint density at radius 2 is 1.83 bits per heavy atom. The lowest BCUT2D eigenvalue weighted by Crippen LogP contribution is -2.33. The summed E-state index contributed by atoms with van der Waals surface area (Å²) in [6, 6.07) is 24.5. The molecule has 3 rings (SSSR count). The Bertz CT molecular complexity index is 985. The second kappa shape index (κ2) is 9.89. The van der Waals surface area contributed by atoms with Crippen molar-refractivity contribution in [1.82, 2.24) is 5.32 Å². The first-order chi connectivity index (χ1) is 14.1. The van der Waals surface area contributed by atoms with Gasteiger partial charge in [-0.15, -0.1) is 0 Å². The van der Waals surface area contributed by atoms with Gasteiger partial charge in [0.25, 0.3) is 0 Å². The largest absolute Gasteiger partial charge is 0.489 e. The second-order valence-corrected chi connectivity index (χ2v) is 7.34. The molecule has 0 aliphatic rings. The van der Waals surface area contributed by atoms with Crippen molar-refractivity contribution in [1.29, 1.82) is 0 Å². The molecule has 0 aliphatic heterocycles. The van der Waals surface area contributed by atoms with Crippen LogP contribution in [0.5, 0.6) is 5.75 Å². The van der Waals surface area contributed by atoms with Gasteiger partial charge in [0.1, 0.15) is 12.4 Å². The fourth-order valence-electron chi connectivity index (χ4n) is 3.25. The summed E-state index contributed by atoms with van der Waals surface area (Å²) in [6.07, 6.45) is 1.72. The fourth-order valence-corrected chi connectivity index (χ4v) is 3.49. The van der Waals surface area contributed by atoms with Gasteiger partial charge in [-0.3, -0.25) is 0 Å². The van der Waals surface area contributed by atoms with E-state index in [1.165, 1.54) is 16.7 Å². The summed E-state index contributed by atoms with van der Waals surface area (Å²) in [5.74, 6) is 0.770. The van der Waals surface area contributed by atoms with E-state index in [9.17, 15) is 0 Å². The number of thiocarbonyl (C=S) groups is 1. The van der Waals surface area contributed by atoms with Gasteiger partial charge in [-0.1, -0.05) is 72.8 Å². The Balaban J connectivity index is 1.81. The summed E-state index contributed by atoms with van der Waals surface area (Å²) in [5, 5.41) is 7.31. The van der Waals surface area contributed by atoms with Crippen LogP contribution in [-0.2, 0) is 0 Å². The Hall–Kier alpha value is -3.11. The van der Waals surface area contributed by atoms with E-state index in [1.807, 2.05) is 42.5 Å². The number of hydrogen-bond donors (Lipinski definition) is 2. The second-order valence-electron chi connectivity index (χ2n) is 6.93. The SMILES string of the molecule is C=CCOc1cccc(NC(=S)N[C@H](c2ccccc2)c2ccc(C)cc2C)c1. The van der Waals surface area contributed by atoms with Crippen LogP contribution in [-0.4, -0.2) is 11.7 Å².